The average molecular weight is 236 g/mol. The van der Waals surface area contributed by atoms with Crippen LogP contribution in [-0.2, 0) is 9.47 Å². The number of benzene rings is 1. The Kier molecular flexibility index (Phi) is 5.91. The minimum atomic E-state index is -0.530. The zero-order valence-electron chi connectivity index (χ0n) is 10.4. The van der Waals surface area contributed by atoms with E-state index in [1.54, 1.807) is 7.11 Å². The van der Waals surface area contributed by atoms with E-state index in [0.717, 1.165) is 11.1 Å². The van der Waals surface area contributed by atoms with Gasteiger partial charge in [0.05, 0.1) is 12.2 Å². The van der Waals surface area contributed by atoms with Crippen LogP contribution in [0.15, 0.2) is 42.5 Å². The fourth-order valence-electron chi connectivity index (χ4n) is 1.50. The highest BCUT2D eigenvalue weighted by atomic mass is 16.7. The van der Waals surface area contributed by atoms with Crippen molar-refractivity contribution in [3.8, 4) is 0 Å². The Labute approximate surface area is 103 Å². The van der Waals surface area contributed by atoms with Crippen LogP contribution in [-0.4, -0.2) is 25.1 Å². The highest BCUT2D eigenvalue weighted by Gasteiger charge is 2.13. The van der Waals surface area contributed by atoms with E-state index in [0.29, 0.717) is 6.42 Å². The second kappa shape index (κ2) is 7.22. The van der Waals surface area contributed by atoms with Crippen molar-refractivity contribution in [2.24, 2.45) is 0 Å². The van der Waals surface area contributed by atoms with Crippen LogP contribution in [0, 0.1) is 0 Å². The van der Waals surface area contributed by atoms with Crippen molar-refractivity contribution in [2.45, 2.75) is 25.6 Å². The summed E-state index contributed by atoms with van der Waals surface area (Å²) in [6, 6.07) is 9.55. The van der Waals surface area contributed by atoms with Gasteiger partial charge in [-0.2, -0.15) is 0 Å². The number of hydrogen-bond donors (Lipinski definition) is 1. The highest BCUT2D eigenvalue weighted by Crippen LogP contribution is 2.22. The van der Waals surface area contributed by atoms with Gasteiger partial charge in [0.15, 0.2) is 0 Å². The molecule has 0 aliphatic carbocycles. The quantitative estimate of drug-likeness (QED) is 0.584. The summed E-state index contributed by atoms with van der Waals surface area (Å²) < 4.78 is 10.2. The molecule has 0 bridgehead atoms. The van der Waals surface area contributed by atoms with Gasteiger partial charge < -0.3 is 14.6 Å². The van der Waals surface area contributed by atoms with Gasteiger partial charge in [0.2, 0.25) is 0 Å². The van der Waals surface area contributed by atoms with E-state index in [1.807, 2.05) is 37.3 Å². The zero-order chi connectivity index (χ0) is 12.7. The lowest BCUT2D eigenvalue weighted by Gasteiger charge is -2.18. The lowest BCUT2D eigenvalue weighted by atomic mass is 10.00. The van der Waals surface area contributed by atoms with Crippen LogP contribution in [0.2, 0.25) is 0 Å². The predicted molar refractivity (Wildman–Crippen MR) is 67.6 cm³/mol. The molecule has 0 aliphatic rings. The second-order valence-corrected chi connectivity index (χ2v) is 4.00. The minimum Gasteiger partial charge on any atom is -0.388 e. The van der Waals surface area contributed by atoms with Gasteiger partial charge in [-0.25, -0.2) is 0 Å². The molecule has 94 valence electrons. The highest BCUT2D eigenvalue weighted by molar-refractivity contribution is 5.19. The summed E-state index contributed by atoms with van der Waals surface area (Å²) in [7, 11) is 1.58. The molecule has 0 radical (unpaired) electrons. The molecule has 0 aliphatic heterocycles. The molecule has 0 heterocycles. The van der Waals surface area contributed by atoms with Gasteiger partial charge in [0.1, 0.15) is 6.79 Å². The third kappa shape index (κ3) is 4.69. The van der Waals surface area contributed by atoms with Crippen LogP contribution >= 0.6 is 0 Å². The fraction of sp³-hybridized carbons (Fsp3) is 0.429. The van der Waals surface area contributed by atoms with Crippen LogP contribution in [0.5, 0.6) is 0 Å². The van der Waals surface area contributed by atoms with E-state index >= 15 is 0 Å². The van der Waals surface area contributed by atoms with Crippen LogP contribution in [0.25, 0.3) is 0 Å². The summed E-state index contributed by atoms with van der Waals surface area (Å²) >= 11 is 0. The van der Waals surface area contributed by atoms with Gasteiger partial charge in [-0.15, -0.1) is 0 Å². The molecule has 0 saturated carbocycles. The van der Waals surface area contributed by atoms with E-state index in [-0.39, 0.29) is 12.9 Å². The van der Waals surface area contributed by atoms with Crippen molar-refractivity contribution in [3.63, 3.8) is 0 Å². The summed E-state index contributed by atoms with van der Waals surface area (Å²) in [5.41, 5.74) is 1.76. The zero-order valence-corrected chi connectivity index (χ0v) is 10.4. The van der Waals surface area contributed by atoms with Crippen molar-refractivity contribution in [2.75, 3.05) is 13.9 Å². The van der Waals surface area contributed by atoms with Crippen molar-refractivity contribution in [3.05, 3.63) is 48.0 Å². The Morgan fingerprint density at radius 1 is 1.35 bits per heavy atom. The van der Waals surface area contributed by atoms with Crippen molar-refractivity contribution < 1.29 is 14.6 Å². The minimum absolute atomic E-state index is 0.117. The molecule has 1 aromatic rings. The van der Waals surface area contributed by atoms with E-state index in [2.05, 4.69) is 6.58 Å². The van der Waals surface area contributed by atoms with Gasteiger partial charge in [0.25, 0.3) is 0 Å². The lowest BCUT2D eigenvalue weighted by Crippen LogP contribution is -2.14. The summed E-state index contributed by atoms with van der Waals surface area (Å²) in [5.74, 6) is 0. The Morgan fingerprint density at radius 3 is 2.59 bits per heavy atom. The summed E-state index contributed by atoms with van der Waals surface area (Å²) in [4.78, 5) is 0. The van der Waals surface area contributed by atoms with Crippen molar-refractivity contribution in [1.82, 2.24) is 0 Å². The van der Waals surface area contributed by atoms with E-state index in [4.69, 9.17) is 9.47 Å². The van der Waals surface area contributed by atoms with E-state index in [1.165, 1.54) is 0 Å². The average Bonchev–Trinajstić information content (AvgIpc) is 2.36. The molecule has 1 rings (SSSR count). The maximum absolute atomic E-state index is 10.0. The fourth-order valence-corrected chi connectivity index (χ4v) is 1.50. The Morgan fingerprint density at radius 2 is 2.00 bits per heavy atom. The molecule has 1 N–H and O–H groups in total. The Hall–Kier alpha value is -1.16. The first-order valence-electron chi connectivity index (χ1n) is 5.66. The van der Waals surface area contributed by atoms with Crippen LogP contribution < -0.4 is 0 Å². The van der Waals surface area contributed by atoms with E-state index < -0.39 is 6.10 Å². The first-order valence-corrected chi connectivity index (χ1v) is 5.66. The van der Waals surface area contributed by atoms with Crippen molar-refractivity contribution >= 4 is 0 Å². The largest absolute Gasteiger partial charge is 0.388 e. The summed E-state index contributed by atoms with van der Waals surface area (Å²) in [5, 5.41) is 10.0. The number of hydrogen-bond acceptors (Lipinski definition) is 3. The molecule has 0 saturated heterocycles. The first kappa shape index (κ1) is 13.9. The SMILES string of the molecule is C=C(C[C@H](O)c1ccccc1)[C@@H](C)OCOC. The standard InChI is InChI=1S/C14H20O3/c1-11(12(2)17-10-16-3)9-14(15)13-7-5-4-6-8-13/h4-8,12,14-15H,1,9-10H2,2-3H3/t12-,14+/m1/s1. The van der Waals surface area contributed by atoms with Crippen LogP contribution in [0.4, 0.5) is 0 Å². The van der Waals surface area contributed by atoms with Crippen LogP contribution in [0.1, 0.15) is 25.0 Å². The maximum Gasteiger partial charge on any atom is 0.147 e. The molecule has 3 heteroatoms. The number of rotatable bonds is 7. The molecule has 0 aromatic heterocycles. The normalized spacial score (nSPS) is 14.3. The molecule has 3 nitrogen and oxygen atoms in total. The molecular formula is C14H20O3. The summed E-state index contributed by atoms with van der Waals surface area (Å²) in [6.07, 6.45) is -0.153. The monoisotopic (exact) mass is 236 g/mol. The molecule has 0 spiro atoms. The predicted octanol–water partition coefficient (Wildman–Crippen LogP) is 2.68. The van der Waals surface area contributed by atoms with Crippen molar-refractivity contribution in [1.29, 1.82) is 0 Å². The molecule has 0 unspecified atom stereocenters. The van der Waals surface area contributed by atoms with Gasteiger partial charge in [-0.1, -0.05) is 36.9 Å². The van der Waals surface area contributed by atoms with Gasteiger partial charge in [-0.05, 0) is 18.1 Å². The molecule has 0 amide bonds. The molecule has 17 heavy (non-hydrogen) atoms. The maximum atomic E-state index is 10.0. The first-order chi connectivity index (χ1) is 8.15. The van der Waals surface area contributed by atoms with Gasteiger partial charge in [0, 0.05) is 13.5 Å². The third-order valence-corrected chi connectivity index (χ3v) is 2.65. The second-order valence-electron chi connectivity index (χ2n) is 4.00. The Bertz CT molecular complexity index is 335. The van der Waals surface area contributed by atoms with E-state index in [9.17, 15) is 5.11 Å². The number of methoxy groups -OCH3 is 1. The van der Waals surface area contributed by atoms with Crippen LogP contribution in [0.3, 0.4) is 0 Å². The van der Waals surface area contributed by atoms with Gasteiger partial charge in [-0.3, -0.25) is 0 Å². The number of ether oxygens (including phenoxy) is 2. The molecule has 0 fully saturated rings. The molecule has 2 atom stereocenters. The number of aliphatic hydroxyl groups is 1. The number of aliphatic hydroxyl groups excluding tert-OH is 1. The Balaban J connectivity index is 2.46. The smallest absolute Gasteiger partial charge is 0.147 e. The lowest BCUT2D eigenvalue weighted by molar-refractivity contribution is -0.0550. The summed E-state index contributed by atoms with van der Waals surface area (Å²) in [6.45, 7) is 6.07. The molecule has 1 aromatic carbocycles. The molecular weight excluding hydrogens is 216 g/mol. The van der Waals surface area contributed by atoms with Gasteiger partial charge >= 0.3 is 0 Å². The third-order valence-electron chi connectivity index (χ3n) is 2.65. The topological polar surface area (TPSA) is 38.7 Å².